The Morgan fingerprint density at radius 1 is 1.38 bits per heavy atom. The Morgan fingerprint density at radius 3 is 3.19 bits per heavy atom. The molecule has 0 aliphatic heterocycles. The van der Waals surface area contributed by atoms with E-state index in [1.165, 1.54) is 30.4 Å². The second-order valence-corrected chi connectivity index (χ2v) is 5.54. The highest BCUT2D eigenvalue weighted by Crippen LogP contribution is 2.34. The van der Waals surface area contributed by atoms with Crippen molar-refractivity contribution in [3.8, 4) is 0 Å². The van der Waals surface area contributed by atoms with E-state index in [9.17, 15) is 0 Å². The highest BCUT2D eigenvalue weighted by Gasteiger charge is 2.22. The lowest BCUT2D eigenvalue weighted by Crippen LogP contribution is -2.19. The number of ether oxygens (including phenoxy) is 1. The van der Waals surface area contributed by atoms with Crippen molar-refractivity contribution in [1.29, 1.82) is 0 Å². The van der Waals surface area contributed by atoms with Crippen LogP contribution in [0.25, 0.3) is 0 Å². The van der Waals surface area contributed by atoms with Crippen LogP contribution in [0, 0.1) is 0 Å². The molecule has 21 heavy (non-hydrogen) atoms. The van der Waals surface area contributed by atoms with Gasteiger partial charge >= 0.3 is 0 Å². The zero-order valence-corrected chi connectivity index (χ0v) is 12.6. The summed E-state index contributed by atoms with van der Waals surface area (Å²) in [5, 5.41) is 3.43. The normalized spacial score (nSPS) is 17.5. The van der Waals surface area contributed by atoms with Crippen LogP contribution in [0.1, 0.15) is 36.4 Å². The molecule has 0 saturated carbocycles. The maximum absolute atomic E-state index is 5.09. The molecule has 1 aliphatic carbocycles. The lowest BCUT2D eigenvalue weighted by molar-refractivity contribution is 0.197. The second-order valence-electron chi connectivity index (χ2n) is 5.54. The third-order valence-electron chi connectivity index (χ3n) is 4.15. The average Bonchev–Trinajstić information content (AvgIpc) is 2.99. The second kappa shape index (κ2) is 6.76. The van der Waals surface area contributed by atoms with E-state index in [0.29, 0.717) is 6.04 Å². The van der Waals surface area contributed by atoms with Gasteiger partial charge in [0.2, 0.25) is 5.95 Å². The molecule has 112 valence electrons. The first-order valence-corrected chi connectivity index (χ1v) is 7.73. The minimum atomic E-state index is 0.405. The van der Waals surface area contributed by atoms with Gasteiger partial charge in [-0.05, 0) is 36.8 Å². The van der Waals surface area contributed by atoms with Crippen molar-refractivity contribution in [2.45, 2.75) is 31.7 Å². The molecular formula is C17H23N3O. The predicted molar refractivity (Wildman–Crippen MR) is 84.7 cm³/mol. The van der Waals surface area contributed by atoms with Gasteiger partial charge in [0.15, 0.2) is 0 Å². The van der Waals surface area contributed by atoms with Crippen molar-refractivity contribution in [2.75, 3.05) is 25.6 Å². The summed E-state index contributed by atoms with van der Waals surface area (Å²) in [7, 11) is 1.74. The summed E-state index contributed by atoms with van der Waals surface area (Å²) >= 11 is 0. The topological polar surface area (TPSA) is 39.1 Å². The Labute approximate surface area is 126 Å². The van der Waals surface area contributed by atoms with Crippen LogP contribution in [0.5, 0.6) is 0 Å². The molecule has 1 aromatic carbocycles. The zero-order chi connectivity index (χ0) is 14.5. The smallest absolute Gasteiger partial charge is 0.203 e. The summed E-state index contributed by atoms with van der Waals surface area (Å²) in [6.45, 7) is 1.67. The summed E-state index contributed by atoms with van der Waals surface area (Å²) in [6, 6.07) is 9.19. The van der Waals surface area contributed by atoms with Crippen molar-refractivity contribution in [2.24, 2.45) is 0 Å². The molecule has 1 aromatic heterocycles. The van der Waals surface area contributed by atoms with Gasteiger partial charge in [0.25, 0.3) is 0 Å². The molecule has 2 aromatic rings. The Kier molecular flexibility index (Phi) is 4.55. The molecule has 3 rings (SSSR count). The molecule has 1 heterocycles. The highest BCUT2D eigenvalue weighted by molar-refractivity contribution is 5.36. The van der Waals surface area contributed by atoms with E-state index in [1.54, 1.807) is 7.11 Å². The number of benzene rings is 1. The van der Waals surface area contributed by atoms with Gasteiger partial charge in [-0.3, -0.25) is 0 Å². The number of aryl methyl sites for hydroxylation is 1. The van der Waals surface area contributed by atoms with Crippen LogP contribution in [-0.2, 0) is 11.2 Å². The number of hydrogen-bond acceptors (Lipinski definition) is 3. The Balaban J connectivity index is 1.77. The molecule has 4 heteroatoms. The number of hydrogen-bond donors (Lipinski definition) is 1. The Bertz CT molecular complexity index is 579. The van der Waals surface area contributed by atoms with Gasteiger partial charge in [-0.2, -0.15) is 0 Å². The molecule has 0 saturated heterocycles. The van der Waals surface area contributed by atoms with Gasteiger partial charge in [0, 0.05) is 32.7 Å². The van der Waals surface area contributed by atoms with Crippen molar-refractivity contribution >= 4 is 5.95 Å². The maximum Gasteiger partial charge on any atom is 0.203 e. The van der Waals surface area contributed by atoms with Crippen LogP contribution in [0.15, 0.2) is 36.7 Å². The van der Waals surface area contributed by atoms with Gasteiger partial charge < -0.3 is 14.6 Å². The minimum absolute atomic E-state index is 0.405. The van der Waals surface area contributed by atoms with E-state index in [4.69, 9.17) is 4.74 Å². The van der Waals surface area contributed by atoms with Gasteiger partial charge in [-0.1, -0.05) is 24.3 Å². The first-order chi connectivity index (χ1) is 10.4. The first-order valence-electron chi connectivity index (χ1n) is 7.73. The van der Waals surface area contributed by atoms with Gasteiger partial charge in [-0.15, -0.1) is 0 Å². The Hall–Kier alpha value is -1.81. The third kappa shape index (κ3) is 3.10. The number of fused-ring (bicyclic) bond motifs is 1. The number of imidazole rings is 1. The fourth-order valence-electron chi connectivity index (χ4n) is 3.14. The van der Waals surface area contributed by atoms with Gasteiger partial charge in [-0.25, -0.2) is 4.98 Å². The van der Waals surface area contributed by atoms with Crippen molar-refractivity contribution in [1.82, 2.24) is 9.55 Å². The monoisotopic (exact) mass is 285 g/mol. The standard InChI is InChI=1S/C17H23N3O/c1-21-13-5-10-18-17-19-11-12-20(17)16-9-4-7-14-6-2-3-8-15(14)16/h2-3,6,8,11-12,16H,4-5,7,9-10,13H2,1H3,(H,18,19). The van der Waals surface area contributed by atoms with Crippen molar-refractivity contribution < 1.29 is 4.74 Å². The molecule has 1 atom stereocenters. The molecule has 1 aliphatic rings. The average molecular weight is 285 g/mol. The zero-order valence-electron chi connectivity index (χ0n) is 12.6. The predicted octanol–water partition coefficient (Wildman–Crippen LogP) is 3.26. The van der Waals surface area contributed by atoms with Crippen LogP contribution in [0.3, 0.4) is 0 Å². The lowest BCUT2D eigenvalue weighted by Gasteiger charge is -2.28. The summed E-state index contributed by atoms with van der Waals surface area (Å²) < 4.78 is 7.37. The number of rotatable bonds is 6. The number of nitrogens with one attached hydrogen (secondary N) is 1. The minimum Gasteiger partial charge on any atom is -0.385 e. The molecule has 0 bridgehead atoms. The fourth-order valence-corrected chi connectivity index (χ4v) is 3.14. The number of anilines is 1. The first kappa shape index (κ1) is 14.1. The SMILES string of the molecule is COCCCNc1nccn1C1CCCc2ccccc21. The summed E-state index contributed by atoms with van der Waals surface area (Å²) in [5.41, 5.74) is 2.93. The van der Waals surface area contributed by atoms with Crippen LogP contribution in [0.2, 0.25) is 0 Å². The Morgan fingerprint density at radius 2 is 2.29 bits per heavy atom. The fraction of sp³-hybridized carbons (Fsp3) is 0.471. The van der Waals surface area contributed by atoms with E-state index in [2.05, 4.69) is 45.3 Å². The van der Waals surface area contributed by atoms with E-state index >= 15 is 0 Å². The van der Waals surface area contributed by atoms with Crippen molar-refractivity contribution in [3.05, 3.63) is 47.8 Å². The molecule has 1 unspecified atom stereocenters. The van der Waals surface area contributed by atoms with Crippen LogP contribution in [0.4, 0.5) is 5.95 Å². The van der Waals surface area contributed by atoms with Gasteiger partial charge in [0.1, 0.15) is 0 Å². The molecule has 0 spiro atoms. The van der Waals surface area contributed by atoms with Gasteiger partial charge in [0.05, 0.1) is 6.04 Å². The van der Waals surface area contributed by atoms with E-state index in [-0.39, 0.29) is 0 Å². The molecule has 1 N–H and O–H groups in total. The molecule has 0 radical (unpaired) electrons. The number of aromatic nitrogens is 2. The van der Waals surface area contributed by atoms with E-state index < -0.39 is 0 Å². The molecular weight excluding hydrogens is 262 g/mol. The van der Waals surface area contributed by atoms with Crippen molar-refractivity contribution in [3.63, 3.8) is 0 Å². The van der Waals surface area contributed by atoms with Crippen LogP contribution in [-0.4, -0.2) is 29.8 Å². The third-order valence-corrected chi connectivity index (χ3v) is 4.15. The summed E-state index contributed by atoms with van der Waals surface area (Å²) in [5.74, 6) is 0.966. The molecule has 4 nitrogen and oxygen atoms in total. The quantitative estimate of drug-likeness (QED) is 0.828. The summed E-state index contributed by atoms with van der Waals surface area (Å²) in [6.07, 6.45) is 8.58. The summed E-state index contributed by atoms with van der Waals surface area (Å²) in [4.78, 5) is 4.47. The number of nitrogens with zero attached hydrogens (tertiary/aromatic N) is 2. The maximum atomic E-state index is 5.09. The highest BCUT2D eigenvalue weighted by atomic mass is 16.5. The molecule has 0 amide bonds. The van der Waals surface area contributed by atoms with E-state index in [0.717, 1.165) is 25.5 Å². The molecule has 0 fully saturated rings. The lowest BCUT2D eigenvalue weighted by atomic mass is 9.87. The van der Waals surface area contributed by atoms with Crippen LogP contribution >= 0.6 is 0 Å². The van der Waals surface area contributed by atoms with Crippen LogP contribution < -0.4 is 5.32 Å². The van der Waals surface area contributed by atoms with E-state index in [1.807, 2.05) is 6.20 Å². The largest absolute Gasteiger partial charge is 0.385 e. The number of methoxy groups -OCH3 is 1.